The highest BCUT2D eigenvalue weighted by atomic mass is 16.7. The van der Waals surface area contributed by atoms with E-state index < -0.39 is 0 Å². The minimum absolute atomic E-state index is 0.119. The van der Waals surface area contributed by atoms with Crippen molar-refractivity contribution in [1.82, 2.24) is 0 Å². The van der Waals surface area contributed by atoms with Crippen molar-refractivity contribution >= 4 is 0 Å². The number of hydrogen-bond acceptors (Lipinski definition) is 4. The fraction of sp³-hybridized carbons (Fsp3) is 0.714. The first kappa shape index (κ1) is 13.4. The lowest BCUT2D eigenvalue weighted by Crippen LogP contribution is -2.24. The van der Waals surface area contributed by atoms with Gasteiger partial charge in [-0.25, -0.2) is 0 Å². The summed E-state index contributed by atoms with van der Waals surface area (Å²) >= 11 is 0. The van der Waals surface area contributed by atoms with Crippen LogP contribution in [-0.2, 0) is 18.9 Å². The van der Waals surface area contributed by atoms with Crippen LogP contribution in [0.25, 0.3) is 0 Å². The third kappa shape index (κ3) is 4.35. The Kier molecular flexibility index (Phi) is 5.08. The number of hydrogen-bond donors (Lipinski definition) is 0. The van der Waals surface area contributed by atoms with E-state index in [4.69, 9.17) is 18.9 Å². The van der Waals surface area contributed by atoms with Crippen LogP contribution >= 0.6 is 0 Å². The molecule has 4 heteroatoms. The second kappa shape index (κ2) is 6.81. The molecule has 0 fully saturated rings. The van der Waals surface area contributed by atoms with Gasteiger partial charge < -0.3 is 18.9 Å². The molecule has 2 rings (SSSR count). The van der Waals surface area contributed by atoms with E-state index in [1.54, 1.807) is 12.5 Å². The van der Waals surface area contributed by atoms with Crippen LogP contribution in [-0.4, -0.2) is 25.8 Å². The Morgan fingerprint density at radius 2 is 1.39 bits per heavy atom. The zero-order valence-electron chi connectivity index (χ0n) is 11.2. The van der Waals surface area contributed by atoms with Gasteiger partial charge in [-0.2, -0.15) is 0 Å². The van der Waals surface area contributed by atoms with E-state index in [1.807, 2.05) is 0 Å². The molecular formula is C14H22O4. The summed E-state index contributed by atoms with van der Waals surface area (Å²) in [5, 5.41) is 0. The van der Waals surface area contributed by atoms with Crippen LogP contribution in [0.1, 0.15) is 39.5 Å². The molecule has 0 aromatic rings. The molecule has 0 spiro atoms. The molecule has 2 unspecified atom stereocenters. The normalized spacial score (nSPS) is 27.9. The van der Waals surface area contributed by atoms with Crippen molar-refractivity contribution < 1.29 is 18.9 Å². The van der Waals surface area contributed by atoms with Gasteiger partial charge in [0.15, 0.2) is 12.6 Å². The van der Waals surface area contributed by atoms with Gasteiger partial charge >= 0.3 is 0 Å². The monoisotopic (exact) mass is 254 g/mol. The Labute approximate surface area is 109 Å². The molecule has 0 aliphatic carbocycles. The zero-order chi connectivity index (χ0) is 12.8. The van der Waals surface area contributed by atoms with Gasteiger partial charge in [0.05, 0.1) is 25.7 Å². The first-order valence-corrected chi connectivity index (χ1v) is 6.59. The predicted octanol–water partition coefficient (Wildman–Crippen LogP) is 3.10. The van der Waals surface area contributed by atoms with Crippen molar-refractivity contribution in [2.45, 2.75) is 52.1 Å². The third-order valence-corrected chi connectivity index (χ3v) is 3.08. The van der Waals surface area contributed by atoms with Crippen LogP contribution in [0.3, 0.4) is 0 Å². The summed E-state index contributed by atoms with van der Waals surface area (Å²) in [6.07, 6.45) is 7.26. The molecule has 0 N–H and O–H groups in total. The van der Waals surface area contributed by atoms with Crippen molar-refractivity contribution in [2.24, 2.45) is 0 Å². The Bertz CT molecular complexity index is 290. The SMILES string of the molecule is CC1=COC(OCCOC2CCC(C)=CO2)CC1. The Hall–Kier alpha value is -1.00. The van der Waals surface area contributed by atoms with Crippen molar-refractivity contribution in [3.05, 3.63) is 23.7 Å². The van der Waals surface area contributed by atoms with Crippen LogP contribution < -0.4 is 0 Å². The summed E-state index contributed by atoms with van der Waals surface area (Å²) in [6, 6.07) is 0. The largest absolute Gasteiger partial charge is 0.473 e. The highest BCUT2D eigenvalue weighted by molar-refractivity contribution is 4.96. The fourth-order valence-corrected chi connectivity index (χ4v) is 1.93. The van der Waals surface area contributed by atoms with E-state index in [0.717, 1.165) is 25.7 Å². The molecule has 102 valence electrons. The molecule has 0 aromatic carbocycles. The molecular weight excluding hydrogens is 232 g/mol. The smallest absolute Gasteiger partial charge is 0.199 e. The van der Waals surface area contributed by atoms with Crippen LogP contribution in [0, 0.1) is 0 Å². The minimum atomic E-state index is -0.119. The van der Waals surface area contributed by atoms with Gasteiger partial charge in [0.1, 0.15) is 0 Å². The average molecular weight is 254 g/mol. The summed E-state index contributed by atoms with van der Waals surface area (Å²) in [7, 11) is 0. The van der Waals surface area contributed by atoms with E-state index in [2.05, 4.69) is 13.8 Å². The molecule has 0 bridgehead atoms. The number of allylic oxidation sites excluding steroid dienone is 2. The molecule has 0 radical (unpaired) electrons. The summed E-state index contributed by atoms with van der Waals surface area (Å²) < 4.78 is 22.0. The molecule has 0 saturated heterocycles. The van der Waals surface area contributed by atoms with Gasteiger partial charge in [-0.3, -0.25) is 0 Å². The summed E-state index contributed by atoms with van der Waals surface area (Å²) in [6.45, 7) is 5.21. The van der Waals surface area contributed by atoms with Crippen molar-refractivity contribution in [3.63, 3.8) is 0 Å². The van der Waals surface area contributed by atoms with E-state index in [-0.39, 0.29) is 12.6 Å². The second-order valence-electron chi connectivity index (χ2n) is 4.88. The maximum atomic E-state index is 5.58. The first-order chi connectivity index (χ1) is 8.74. The summed E-state index contributed by atoms with van der Waals surface area (Å²) in [5.41, 5.74) is 2.53. The lowest BCUT2D eigenvalue weighted by molar-refractivity contribution is -0.161. The Morgan fingerprint density at radius 1 is 0.944 bits per heavy atom. The molecule has 2 atom stereocenters. The predicted molar refractivity (Wildman–Crippen MR) is 67.6 cm³/mol. The molecule has 0 amide bonds. The van der Waals surface area contributed by atoms with Crippen molar-refractivity contribution in [3.8, 4) is 0 Å². The fourth-order valence-electron chi connectivity index (χ4n) is 1.93. The van der Waals surface area contributed by atoms with Crippen LogP contribution in [0.2, 0.25) is 0 Å². The minimum Gasteiger partial charge on any atom is -0.473 e. The average Bonchev–Trinajstić information content (AvgIpc) is 2.39. The van der Waals surface area contributed by atoms with Crippen molar-refractivity contribution in [1.29, 1.82) is 0 Å². The maximum absolute atomic E-state index is 5.58. The van der Waals surface area contributed by atoms with E-state index in [9.17, 15) is 0 Å². The van der Waals surface area contributed by atoms with Crippen molar-refractivity contribution in [2.75, 3.05) is 13.2 Å². The van der Waals surface area contributed by atoms with E-state index in [1.165, 1.54) is 11.1 Å². The molecule has 18 heavy (non-hydrogen) atoms. The standard InChI is InChI=1S/C14H22O4/c1-11-3-5-13(17-9-11)15-7-8-16-14-6-4-12(2)10-18-14/h9-10,13-14H,3-8H2,1-2H3. The topological polar surface area (TPSA) is 36.9 Å². The van der Waals surface area contributed by atoms with Gasteiger partial charge in [-0.1, -0.05) is 0 Å². The quantitative estimate of drug-likeness (QED) is 0.706. The van der Waals surface area contributed by atoms with Gasteiger partial charge in [0, 0.05) is 12.8 Å². The molecule has 0 aromatic heterocycles. The number of rotatable bonds is 5. The van der Waals surface area contributed by atoms with Crippen LogP contribution in [0.5, 0.6) is 0 Å². The maximum Gasteiger partial charge on any atom is 0.199 e. The number of ether oxygens (including phenoxy) is 4. The van der Waals surface area contributed by atoms with Gasteiger partial charge in [-0.15, -0.1) is 0 Å². The Morgan fingerprint density at radius 3 is 1.72 bits per heavy atom. The molecule has 2 heterocycles. The molecule has 2 aliphatic rings. The molecule has 2 aliphatic heterocycles. The first-order valence-electron chi connectivity index (χ1n) is 6.59. The van der Waals surface area contributed by atoms with Gasteiger partial charge in [-0.05, 0) is 37.8 Å². The van der Waals surface area contributed by atoms with Crippen LogP contribution in [0.4, 0.5) is 0 Å². The zero-order valence-corrected chi connectivity index (χ0v) is 11.2. The van der Waals surface area contributed by atoms with E-state index >= 15 is 0 Å². The highest BCUT2D eigenvalue weighted by Crippen LogP contribution is 2.19. The lowest BCUT2D eigenvalue weighted by Gasteiger charge is -2.24. The van der Waals surface area contributed by atoms with Gasteiger partial charge in [0.2, 0.25) is 0 Å². The highest BCUT2D eigenvalue weighted by Gasteiger charge is 2.16. The summed E-state index contributed by atoms with van der Waals surface area (Å²) in [4.78, 5) is 0. The Balaban J connectivity index is 1.54. The molecule has 4 nitrogen and oxygen atoms in total. The third-order valence-electron chi connectivity index (χ3n) is 3.08. The molecule has 0 saturated carbocycles. The second-order valence-corrected chi connectivity index (χ2v) is 4.88. The van der Waals surface area contributed by atoms with Crippen LogP contribution in [0.15, 0.2) is 23.7 Å². The lowest BCUT2D eigenvalue weighted by atomic mass is 10.1. The van der Waals surface area contributed by atoms with E-state index in [0.29, 0.717) is 13.2 Å². The van der Waals surface area contributed by atoms with Gasteiger partial charge in [0.25, 0.3) is 0 Å². The summed E-state index contributed by atoms with van der Waals surface area (Å²) in [5.74, 6) is 0.